The Labute approximate surface area is 154 Å². The fourth-order valence-corrected chi connectivity index (χ4v) is 3.29. The second kappa shape index (κ2) is 9.89. The number of fused-ring (bicyclic) bond motifs is 1. The number of benzene rings is 1. The van der Waals surface area contributed by atoms with E-state index in [0.717, 1.165) is 30.2 Å². The summed E-state index contributed by atoms with van der Waals surface area (Å²) in [6.07, 6.45) is 3.59. The van der Waals surface area contributed by atoms with Gasteiger partial charge in [-0.25, -0.2) is 0 Å². The third-order valence-corrected chi connectivity index (χ3v) is 5.07. The molecule has 1 aromatic rings. The van der Waals surface area contributed by atoms with Gasteiger partial charge in [0.2, 0.25) is 12.7 Å². The Balaban J connectivity index is 1.84. The maximum absolute atomic E-state index is 12.1. The molecule has 0 radical (unpaired) electrons. The van der Waals surface area contributed by atoms with Crippen LogP contribution < -0.4 is 20.5 Å². The van der Waals surface area contributed by atoms with Crippen LogP contribution in [0.3, 0.4) is 0 Å². The normalized spacial score (nSPS) is 15.2. The average molecular weight is 368 g/mol. The lowest BCUT2D eigenvalue weighted by Gasteiger charge is -2.28. The number of thioether (sulfide) groups is 1. The van der Waals surface area contributed by atoms with Crippen molar-refractivity contribution in [3.8, 4) is 11.5 Å². The third-order valence-electron chi connectivity index (χ3n) is 4.42. The number of carbonyl (C=O) groups is 1. The molecule has 25 heavy (non-hydrogen) atoms. The quantitative estimate of drug-likeness (QED) is 0.615. The van der Waals surface area contributed by atoms with Crippen molar-refractivity contribution in [1.29, 1.82) is 0 Å². The van der Waals surface area contributed by atoms with E-state index in [-0.39, 0.29) is 18.7 Å². The standard InChI is InChI=1S/C18H29N3O3S/c1-4-21(11-20-18(22)15(19)7-8-25-3)13(2)9-14-5-6-16-17(10-14)24-12-23-16/h5-6,10,13,15H,4,7-9,11-12,19H2,1-3H3,(H,20,22). The molecule has 3 N–H and O–H groups in total. The number of rotatable bonds is 10. The second-order valence-corrected chi connectivity index (χ2v) is 7.22. The van der Waals surface area contributed by atoms with Gasteiger partial charge in [0.25, 0.3) is 0 Å². The summed E-state index contributed by atoms with van der Waals surface area (Å²) in [6, 6.07) is 5.90. The Morgan fingerprint density at radius 3 is 2.88 bits per heavy atom. The summed E-state index contributed by atoms with van der Waals surface area (Å²) in [5.41, 5.74) is 7.11. The minimum Gasteiger partial charge on any atom is -0.454 e. The Morgan fingerprint density at radius 1 is 1.40 bits per heavy atom. The summed E-state index contributed by atoms with van der Waals surface area (Å²) >= 11 is 1.70. The number of amides is 1. The highest BCUT2D eigenvalue weighted by atomic mass is 32.2. The lowest BCUT2D eigenvalue weighted by molar-refractivity contribution is -0.123. The number of likely N-dealkylation sites (N-methyl/N-ethyl adjacent to an activating group) is 1. The minimum atomic E-state index is -0.435. The van der Waals surface area contributed by atoms with Crippen molar-refractivity contribution in [3.63, 3.8) is 0 Å². The molecule has 0 spiro atoms. The molecule has 7 heteroatoms. The highest BCUT2D eigenvalue weighted by Gasteiger charge is 2.18. The summed E-state index contributed by atoms with van der Waals surface area (Å²) in [5, 5.41) is 2.96. The zero-order valence-corrected chi connectivity index (χ0v) is 16.1. The van der Waals surface area contributed by atoms with Crippen molar-refractivity contribution >= 4 is 17.7 Å². The van der Waals surface area contributed by atoms with Gasteiger partial charge in [-0.05, 0) is 56.0 Å². The summed E-state index contributed by atoms with van der Waals surface area (Å²) in [6.45, 7) is 5.90. The smallest absolute Gasteiger partial charge is 0.237 e. The fraction of sp³-hybridized carbons (Fsp3) is 0.611. The van der Waals surface area contributed by atoms with Gasteiger partial charge in [0.05, 0.1) is 12.7 Å². The molecule has 1 aromatic carbocycles. The van der Waals surface area contributed by atoms with Crippen molar-refractivity contribution in [2.24, 2.45) is 5.73 Å². The molecule has 0 aromatic heterocycles. The lowest BCUT2D eigenvalue weighted by Crippen LogP contribution is -2.48. The predicted molar refractivity (Wildman–Crippen MR) is 102 cm³/mol. The highest BCUT2D eigenvalue weighted by molar-refractivity contribution is 7.98. The molecule has 2 atom stereocenters. The van der Waals surface area contributed by atoms with E-state index in [1.807, 2.05) is 18.4 Å². The monoisotopic (exact) mass is 367 g/mol. The molecule has 0 saturated carbocycles. The molecular weight excluding hydrogens is 338 g/mol. The molecule has 0 bridgehead atoms. The van der Waals surface area contributed by atoms with Crippen LogP contribution in [-0.2, 0) is 11.2 Å². The van der Waals surface area contributed by atoms with Gasteiger partial charge in [0, 0.05) is 6.04 Å². The molecule has 0 aliphatic carbocycles. The van der Waals surface area contributed by atoms with Gasteiger partial charge in [0.15, 0.2) is 11.5 Å². The van der Waals surface area contributed by atoms with E-state index in [2.05, 4.69) is 30.1 Å². The van der Waals surface area contributed by atoms with Crippen molar-refractivity contribution in [2.75, 3.05) is 32.0 Å². The first-order chi connectivity index (χ1) is 12.0. The summed E-state index contributed by atoms with van der Waals surface area (Å²) in [7, 11) is 0. The van der Waals surface area contributed by atoms with E-state index in [0.29, 0.717) is 13.1 Å². The SMILES string of the molecule is CCN(CNC(=O)C(N)CCSC)C(C)Cc1ccc2c(c1)OCO2. The molecule has 1 heterocycles. The molecule has 1 aliphatic rings. The van der Waals surface area contributed by atoms with Crippen molar-refractivity contribution < 1.29 is 14.3 Å². The number of nitrogens with zero attached hydrogens (tertiary/aromatic N) is 1. The minimum absolute atomic E-state index is 0.0808. The average Bonchev–Trinajstić information content (AvgIpc) is 3.07. The zero-order chi connectivity index (χ0) is 18.2. The molecule has 0 saturated heterocycles. The van der Waals surface area contributed by atoms with Gasteiger partial charge in [-0.15, -0.1) is 0 Å². The van der Waals surface area contributed by atoms with Crippen LogP contribution in [0.25, 0.3) is 0 Å². The Morgan fingerprint density at radius 2 is 2.16 bits per heavy atom. The van der Waals surface area contributed by atoms with Crippen LogP contribution in [0.1, 0.15) is 25.8 Å². The Bertz CT molecular complexity index is 570. The topological polar surface area (TPSA) is 76.8 Å². The van der Waals surface area contributed by atoms with Crippen molar-refractivity contribution in [2.45, 2.75) is 38.8 Å². The first-order valence-electron chi connectivity index (χ1n) is 8.70. The highest BCUT2D eigenvalue weighted by Crippen LogP contribution is 2.32. The van der Waals surface area contributed by atoms with Gasteiger partial charge < -0.3 is 20.5 Å². The molecule has 1 amide bonds. The van der Waals surface area contributed by atoms with Crippen LogP contribution in [0.2, 0.25) is 0 Å². The number of nitrogens with two attached hydrogens (primary N) is 1. The van der Waals surface area contributed by atoms with Crippen LogP contribution >= 0.6 is 11.8 Å². The first kappa shape index (κ1) is 19.9. The Kier molecular flexibility index (Phi) is 7.87. The van der Waals surface area contributed by atoms with Crippen LogP contribution in [0.15, 0.2) is 18.2 Å². The maximum Gasteiger partial charge on any atom is 0.237 e. The van der Waals surface area contributed by atoms with E-state index >= 15 is 0 Å². The first-order valence-corrected chi connectivity index (χ1v) is 10.1. The van der Waals surface area contributed by atoms with Gasteiger partial charge in [-0.1, -0.05) is 13.0 Å². The molecule has 0 fully saturated rings. The van der Waals surface area contributed by atoms with E-state index < -0.39 is 6.04 Å². The van der Waals surface area contributed by atoms with E-state index in [1.54, 1.807) is 11.8 Å². The van der Waals surface area contributed by atoms with Gasteiger partial charge >= 0.3 is 0 Å². The van der Waals surface area contributed by atoms with E-state index in [9.17, 15) is 4.79 Å². The summed E-state index contributed by atoms with van der Waals surface area (Å²) in [4.78, 5) is 14.3. The number of carbonyl (C=O) groups excluding carboxylic acids is 1. The molecule has 2 rings (SSSR count). The van der Waals surface area contributed by atoms with Crippen LogP contribution in [0.4, 0.5) is 0 Å². The summed E-state index contributed by atoms with van der Waals surface area (Å²) < 4.78 is 10.8. The van der Waals surface area contributed by atoms with E-state index in [4.69, 9.17) is 15.2 Å². The number of nitrogens with one attached hydrogen (secondary N) is 1. The third kappa shape index (κ3) is 5.80. The summed E-state index contributed by atoms with van der Waals surface area (Å²) in [5.74, 6) is 2.42. The van der Waals surface area contributed by atoms with Gasteiger partial charge in [-0.2, -0.15) is 11.8 Å². The molecule has 6 nitrogen and oxygen atoms in total. The Hall–Kier alpha value is -1.44. The van der Waals surface area contributed by atoms with Gasteiger partial charge in [-0.3, -0.25) is 9.69 Å². The van der Waals surface area contributed by atoms with Crippen LogP contribution in [0, 0.1) is 0 Å². The maximum atomic E-state index is 12.1. The van der Waals surface area contributed by atoms with E-state index in [1.165, 1.54) is 5.56 Å². The lowest BCUT2D eigenvalue weighted by atomic mass is 10.1. The molecule has 2 unspecified atom stereocenters. The zero-order valence-electron chi connectivity index (χ0n) is 15.3. The van der Waals surface area contributed by atoms with Gasteiger partial charge in [0.1, 0.15) is 0 Å². The number of ether oxygens (including phenoxy) is 2. The van der Waals surface area contributed by atoms with Crippen LogP contribution in [0.5, 0.6) is 11.5 Å². The second-order valence-electron chi connectivity index (χ2n) is 6.23. The van der Waals surface area contributed by atoms with Crippen LogP contribution in [-0.4, -0.2) is 54.9 Å². The largest absolute Gasteiger partial charge is 0.454 e. The number of hydrogen-bond donors (Lipinski definition) is 2. The van der Waals surface area contributed by atoms with Crippen molar-refractivity contribution in [3.05, 3.63) is 23.8 Å². The molecule has 140 valence electrons. The predicted octanol–water partition coefficient (Wildman–Crippen LogP) is 1.82. The fourth-order valence-electron chi connectivity index (χ4n) is 2.80. The molecular formula is C18H29N3O3S. The number of hydrogen-bond acceptors (Lipinski definition) is 6. The molecule has 1 aliphatic heterocycles. The van der Waals surface area contributed by atoms with Crippen molar-refractivity contribution in [1.82, 2.24) is 10.2 Å².